The van der Waals surface area contributed by atoms with Crippen molar-refractivity contribution in [1.82, 2.24) is 9.55 Å². The molecule has 0 bridgehead atoms. The second kappa shape index (κ2) is 10.7. The van der Waals surface area contributed by atoms with Gasteiger partial charge in [-0.2, -0.15) is 0 Å². The predicted molar refractivity (Wildman–Crippen MR) is 106 cm³/mol. The van der Waals surface area contributed by atoms with Gasteiger partial charge in [-0.15, -0.1) is 10.1 Å². The Kier molecular flexibility index (Phi) is 8.25. The number of hydrogen-bond donors (Lipinski definition) is 1. The quantitative estimate of drug-likeness (QED) is 0.439. The third-order valence-electron chi connectivity index (χ3n) is 3.82. The van der Waals surface area contributed by atoms with Crippen LogP contribution in [0.25, 0.3) is 0 Å². The van der Waals surface area contributed by atoms with E-state index in [0.29, 0.717) is 23.2 Å². The minimum absolute atomic E-state index is 0.190. The summed E-state index contributed by atoms with van der Waals surface area (Å²) in [6.07, 6.45) is 5.24. The third kappa shape index (κ3) is 7.19. The Balaban J connectivity index is 0.000000640. The van der Waals surface area contributed by atoms with Crippen LogP contribution in [-0.2, 0) is 17.9 Å². The van der Waals surface area contributed by atoms with Gasteiger partial charge in [0.2, 0.25) is 0 Å². The van der Waals surface area contributed by atoms with Crippen molar-refractivity contribution in [3.63, 3.8) is 0 Å². The molecule has 0 amide bonds. The molecule has 2 aromatic carbocycles. The van der Waals surface area contributed by atoms with Gasteiger partial charge in [-0.05, 0) is 24.6 Å². The van der Waals surface area contributed by atoms with Crippen LogP contribution in [0.5, 0.6) is 0 Å². The maximum Gasteiger partial charge on any atom is 0.291 e. The molecule has 1 heterocycles. The molecular weight excluding hydrogens is 405 g/mol. The summed E-state index contributed by atoms with van der Waals surface area (Å²) in [5.41, 5.74) is 3.28. The fourth-order valence-electron chi connectivity index (χ4n) is 2.47. The predicted octanol–water partition coefficient (Wildman–Crippen LogP) is 5.11. The van der Waals surface area contributed by atoms with Gasteiger partial charge in [-0.25, -0.2) is 4.98 Å². The van der Waals surface area contributed by atoms with Gasteiger partial charge < -0.3 is 14.5 Å². The molecule has 3 rings (SSSR count). The molecule has 7 nitrogen and oxygen atoms in total. The van der Waals surface area contributed by atoms with Crippen LogP contribution in [0.1, 0.15) is 22.8 Å². The lowest BCUT2D eigenvalue weighted by Crippen LogP contribution is -2.12. The summed E-state index contributed by atoms with van der Waals surface area (Å²) in [5, 5.41) is 14.9. The number of halogens is 2. The average Bonchev–Trinajstić information content (AvgIpc) is 3.13. The highest BCUT2D eigenvalue weighted by Gasteiger charge is 2.17. The van der Waals surface area contributed by atoms with Crippen molar-refractivity contribution < 1.29 is 15.0 Å². The van der Waals surface area contributed by atoms with Crippen LogP contribution in [0.4, 0.5) is 0 Å². The second-order valence-corrected chi connectivity index (χ2v) is 6.79. The topological polar surface area (TPSA) is 90.4 Å². The zero-order valence-electron chi connectivity index (χ0n) is 15.0. The number of hydrogen-bond acceptors (Lipinski definition) is 4. The van der Waals surface area contributed by atoms with Crippen molar-refractivity contribution in [3.8, 4) is 0 Å². The van der Waals surface area contributed by atoms with E-state index >= 15 is 0 Å². The molecule has 0 saturated heterocycles. The van der Waals surface area contributed by atoms with E-state index in [2.05, 4.69) is 36.2 Å². The first-order valence-corrected chi connectivity index (χ1v) is 9.02. The van der Waals surface area contributed by atoms with Gasteiger partial charge in [-0.1, -0.05) is 59.1 Å². The molecule has 1 N–H and O–H groups in total. The largest absolute Gasteiger partial charge is 0.367 e. The summed E-state index contributed by atoms with van der Waals surface area (Å²) in [6.45, 7) is 3.21. The number of benzene rings is 2. The number of imidazole rings is 1. The summed E-state index contributed by atoms with van der Waals surface area (Å²) in [6, 6.07) is 13.8. The first-order chi connectivity index (χ1) is 13.3. The Bertz CT molecular complexity index is 883. The smallest absolute Gasteiger partial charge is 0.291 e. The highest BCUT2D eigenvalue weighted by Crippen LogP contribution is 2.30. The third-order valence-corrected chi connectivity index (χ3v) is 4.38. The van der Waals surface area contributed by atoms with Crippen LogP contribution >= 0.6 is 23.2 Å². The lowest BCUT2D eigenvalue weighted by molar-refractivity contribution is -0.742. The number of ether oxygens (including phenoxy) is 1. The maximum absolute atomic E-state index is 8.36. The van der Waals surface area contributed by atoms with E-state index in [1.54, 1.807) is 18.6 Å². The molecule has 28 heavy (non-hydrogen) atoms. The van der Waals surface area contributed by atoms with Gasteiger partial charge in [0.15, 0.2) is 0 Å². The van der Waals surface area contributed by atoms with E-state index < -0.39 is 5.09 Å². The van der Waals surface area contributed by atoms with Crippen LogP contribution < -0.4 is 0 Å². The summed E-state index contributed by atoms with van der Waals surface area (Å²) in [4.78, 5) is 12.4. The average molecular weight is 424 g/mol. The van der Waals surface area contributed by atoms with E-state index in [0.717, 1.165) is 11.1 Å². The molecule has 0 aliphatic carbocycles. The van der Waals surface area contributed by atoms with Gasteiger partial charge in [0.05, 0.1) is 19.5 Å². The van der Waals surface area contributed by atoms with Gasteiger partial charge in [0.1, 0.15) is 6.10 Å². The molecule has 0 aliphatic heterocycles. The van der Waals surface area contributed by atoms with Crippen molar-refractivity contribution in [2.24, 2.45) is 0 Å². The van der Waals surface area contributed by atoms with E-state index in [1.807, 2.05) is 22.9 Å². The van der Waals surface area contributed by atoms with Gasteiger partial charge in [0.25, 0.3) is 5.09 Å². The summed E-state index contributed by atoms with van der Waals surface area (Å²) in [7, 11) is 0. The lowest BCUT2D eigenvalue weighted by atomic mass is 10.1. The molecule has 9 heteroatoms. The number of aromatic nitrogens is 2. The Labute approximate surface area is 172 Å². The number of rotatable bonds is 6. The fraction of sp³-hybridized carbons (Fsp3) is 0.211. The Morgan fingerprint density at radius 2 is 1.93 bits per heavy atom. The van der Waals surface area contributed by atoms with Crippen LogP contribution in [-0.4, -0.2) is 19.8 Å². The first kappa shape index (κ1) is 21.7. The minimum Gasteiger partial charge on any atom is -0.367 e. The van der Waals surface area contributed by atoms with Crippen molar-refractivity contribution in [3.05, 3.63) is 98.0 Å². The molecule has 3 aromatic rings. The molecule has 148 valence electrons. The van der Waals surface area contributed by atoms with E-state index in [4.69, 9.17) is 43.3 Å². The van der Waals surface area contributed by atoms with Gasteiger partial charge >= 0.3 is 0 Å². The summed E-state index contributed by atoms with van der Waals surface area (Å²) in [5.74, 6) is 0. The van der Waals surface area contributed by atoms with Crippen LogP contribution in [0.15, 0.2) is 61.2 Å². The number of nitrogens with zero attached hydrogens (tertiary/aromatic N) is 3. The van der Waals surface area contributed by atoms with E-state index in [9.17, 15) is 0 Å². The Hall–Kier alpha value is -2.61. The molecule has 0 saturated carbocycles. The lowest BCUT2D eigenvalue weighted by Gasteiger charge is -2.20. The maximum atomic E-state index is 8.36. The highest BCUT2D eigenvalue weighted by molar-refractivity contribution is 6.35. The van der Waals surface area contributed by atoms with E-state index in [-0.39, 0.29) is 6.10 Å². The van der Waals surface area contributed by atoms with Crippen molar-refractivity contribution in [1.29, 1.82) is 0 Å². The molecule has 0 radical (unpaired) electrons. The minimum atomic E-state index is -1.50. The molecule has 1 unspecified atom stereocenters. The monoisotopic (exact) mass is 423 g/mol. The van der Waals surface area contributed by atoms with Crippen molar-refractivity contribution >= 4 is 23.2 Å². The van der Waals surface area contributed by atoms with E-state index in [1.165, 1.54) is 5.56 Å². The molecular formula is C19H19Cl2N3O4. The van der Waals surface area contributed by atoms with Gasteiger partial charge in [0, 0.05) is 28.0 Å². The van der Waals surface area contributed by atoms with Crippen LogP contribution in [0.3, 0.4) is 0 Å². The zero-order valence-corrected chi connectivity index (χ0v) is 16.5. The fourth-order valence-corrected chi connectivity index (χ4v) is 3.00. The van der Waals surface area contributed by atoms with Crippen molar-refractivity contribution in [2.45, 2.75) is 26.2 Å². The normalized spacial score (nSPS) is 11.4. The number of aryl methyl sites for hydroxylation is 1. The molecule has 1 atom stereocenters. The molecule has 0 fully saturated rings. The second-order valence-electron chi connectivity index (χ2n) is 5.95. The summed E-state index contributed by atoms with van der Waals surface area (Å²) < 4.78 is 8.15. The first-order valence-electron chi connectivity index (χ1n) is 8.26. The molecule has 1 aromatic heterocycles. The molecule has 0 spiro atoms. The SMILES string of the molecule is Cc1ccc(COC(Cn2ccnc2)c2ccc(Cl)cc2Cl)cc1.O=[N+]([O-])O. The summed E-state index contributed by atoms with van der Waals surface area (Å²) >= 11 is 12.4. The highest BCUT2D eigenvalue weighted by atomic mass is 35.5. The standard InChI is InChI=1S/C19H18Cl2N2O.HNO3/c1-14-2-4-15(5-3-14)12-24-19(11-23-9-8-22-13-23)17-7-6-16(20)10-18(17)21;2-1(3)4/h2-10,13,19H,11-12H2,1H3;(H,2,3,4). The Morgan fingerprint density at radius 3 is 2.50 bits per heavy atom. The zero-order chi connectivity index (χ0) is 20.5. The van der Waals surface area contributed by atoms with Crippen LogP contribution in [0, 0.1) is 17.0 Å². The molecule has 0 aliphatic rings. The van der Waals surface area contributed by atoms with Gasteiger partial charge in [-0.3, -0.25) is 0 Å². The Morgan fingerprint density at radius 1 is 1.25 bits per heavy atom. The van der Waals surface area contributed by atoms with Crippen LogP contribution in [0.2, 0.25) is 10.0 Å². The van der Waals surface area contributed by atoms with Crippen molar-refractivity contribution in [2.75, 3.05) is 0 Å².